The van der Waals surface area contributed by atoms with Crippen LogP contribution >= 0.6 is 0 Å². The van der Waals surface area contributed by atoms with Gasteiger partial charge in [0, 0.05) is 0 Å². The topological polar surface area (TPSA) is 75.6 Å². The predicted octanol–water partition coefficient (Wildman–Crippen LogP) is 5.21. The van der Waals surface area contributed by atoms with Gasteiger partial charge in [0.15, 0.2) is 5.79 Å². The Labute approximate surface area is 230 Å². The minimum Gasteiger partial charge on any atom is -0.497 e. The van der Waals surface area contributed by atoms with E-state index in [-0.39, 0.29) is 12.7 Å². The third kappa shape index (κ3) is 6.52. The van der Waals surface area contributed by atoms with Crippen molar-refractivity contribution in [3.8, 4) is 5.75 Å². The van der Waals surface area contributed by atoms with E-state index in [1.165, 1.54) is 0 Å². The van der Waals surface area contributed by atoms with Gasteiger partial charge in [0.05, 0.1) is 26.4 Å². The molecule has 2 fully saturated rings. The molecule has 0 bridgehead atoms. The van der Waals surface area contributed by atoms with Crippen molar-refractivity contribution >= 4 is 0 Å². The lowest BCUT2D eigenvalue weighted by Crippen LogP contribution is -2.64. The maximum absolute atomic E-state index is 11.8. The van der Waals surface area contributed by atoms with E-state index in [9.17, 15) is 5.11 Å². The zero-order valence-electron chi connectivity index (χ0n) is 22.9. The number of fused-ring (bicyclic) bond motifs is 1. The van der Waals surface area contributed by atoms with Crippen LogP contribution in [-0.2, 0) is 36.9 Å². The number of methoxy groups -OCH3 is 1. The molecule has 0 unspecified atom stereocenters. The minimum absolute atomic E-state index is 0.287. The molecule has 1 saturated carbocycles. The maximum Gasteiger partial charge on any atom is 0.164 e. The fourth-order valence-electron chi connectivity index (χ4n) is 5.35. The second kappa shape index (κ2) is 12.2. The summed E-state index contributed by atoms with van der Waals surface area (Å²) in [7, 11) is 1.63. The largest absolute Gasteiger partial charge is 0.497 e. The molecule has 7 heteroatoms. The van der Waals surface area contributed by atoms with E-state index in [0.717, 1.165) is 22.4 Å². The molecule has 0 radical (unpaired) electrons. The van der Waals surface area contributed by atoms with Gasteiger partial charge in [0.1, 0.15) is 42.4 Å². The van der Waals surface area contributed by atoms with E-state index in [4.69, 9.17) is 28.4 Å². The monoisotopic (exact) mass is 534 g/mol. The van der Waals surface area contributed by atoms with Crippen LogP contribution in [0.3, 0.4) is 0 Å². The van der Waals surface area contributed by atoms with Crippen LogP contribution < -0.4 is 4.74 Å². The summed E-state index contributed by atoms with van der Waals surface area (Å²) in [5.74, 6) is -0.0991. The summed E-state index contributed by atoms with van der Waals surface area (Å²) in [5, 5.41) is 11.8. The highest BCUT2D eigenvalue weighted by atomic mass is 16.8. The maximum atomic E-state index is 11.8. The molecule has 0 aromatic heterocycles. The molecule has 1 heterocycles. The zero-order chi connectivity index (χ0) is 27.4. The van der Waals surface area contributed by atoms with Crippen molar-refractivity contribution < 1.29 is 33.5 Å². The van der Waals surface area contributed by atoms with Crippen molar-refractivity contribution in [2.24, 2.45) is 0 Å². The number of aliphatic hydroxyl groups excluding tert-OH is 1. The Bertz CT molecular complexity index is 1170. The first-order valence-electron chi connectivity index (χ1n) is 13.5. The summed E-state index contributed by atoms with van der Waals surface area (Å²) in [6.45, 7) is 6.35. The Morgan fingerprint density at radius 3 is 1.90 bits per heavy atom. The fraction of sp³-hybridized carbons (Fsp3) is 0.438. The highest BCUT2D eigenvalue weighted by molar-refractivity contribution is 5.27. The van der Waals surface area contributed by atoms with Gasteiger partial charge in [-0.3, -0.25) is 0 Å². The van der Waals surface area contributed by atoms with Gasteiger partial charge < -0.3 is 33.5 Å². The van der Waals surface area contributed by atoms with Crippen LogP contribution in [0, 0.1) is 0 Å². The minimum atomic E-state index is -1.02. The Morgan fingerprint density at radius 1 is 0.744 bits per heavy atom. The summed E-state index contributed by atoms with van der Waals surface area (Å²) in [6.07, 6.45) is -4.34. The van der Waals surface area contributed by atoms with Crippen molar-refractivity contribution in [3.05, 3.63) is 102 Å². The molecule has 2 aliphatic rings. The molecule has 1 aliphatic heterocycles. The van der Waals surface area contributed by atoms with Crippen LogP contribution in [-0.4, -0.2) is 54.6 Å². The third-order valence-electron chi connectivity index (χ3n) is 7.33. The molecule has 3 aromatic rings. The van der Waals surface area contributed by atoms with E-state index in [1.807, 2.05) is 106 Å². The molecular weight excluding hydrogens is 496 g/mol. The number of rotatable bonds is 10. The van der Waals surface area contributed by atoms with Crippen molar-refractivity contribution in [1.82, 2.24) is 0 Å². The second-order valence-corrected chi connectivity index (χ2v) is 10.6. The first-order chi connectivity index (χ1) is 18.8. The van der Waals surface area contributed by atoms with Crippen LogP contribution in [0.15, 0.2) is 84.9 Å². The highest BCUT2D eigenvalue weighted by Gasteiger charge is 2.60. The summed E-state index contributed by atoms with van der Waals surface area (Å²) in [6, 6.07) is 27.5. The lowest BCUT2D eigenvalue weighted by atomic mass is 9.84. The van der Waals surface area contributed by atoms with Gasteiger partial charge in [0.2, 0.25) is 0 Å². The van der Waals surface area contributed by atoms with Gasteiger partial charge in [-0.1, -0.05) is 72.8 Å². The van der Waals surface area contributed by atoms with Crippen molar-refractivity contribution in [1.29, 1.82) is 0 Å². The molecule has 208 valence electrons. The van der Waals surface area contributed by atoms with E-state index < -0.39 is 42.4 Å². The molecule has 7 atom stereocenters. The second-order valence-electron chi connectivity index (χ2n) is 10.6. The molecule has 5 rings (SSSR count). The molecule has 7 nitrogen and oxygen atoms in total. The van der Waals surface area contributed by atoms with Crippen molar-refractivity contribution in [2.75, 3.05) is 7.11 Å². The van der Waals surface area contributed by atoms with Crippen LogP contribution in [0.25, 0.3) is 0 Å². The van der Waals surface area contributed by atoms with Gasteiger partial charge in [0.25, 0.3) is 0 Å². The van der Waals surface area contributed by atoms with Gasteiger partial charge in [-0.15, -0.1) is 0 Å². The number of hydrogen-bond donors (Lipinski definition) is 1. The molecular formula is C32H38O7. The molecule has 0 amide bonds. The van der Waals surface area contributed by atoms with Gasteiger partial charge in [-0.25, -0.2) is 0 Å². The van der Waals surface area contributed by atoms with E-state index >= 15 is 0 Å². The average molecular weight is 535 g/mol. The predicted molar refractivity (Wildman–Crippen MR) is 146 cm³/mol. The SMILES string of the molecule is COc1ccc(CO[C@H]2[C@H](O)[C@@H](O[C@H](C)c3ccccc3)[C@H](OCc3ccccc3)[C@H]3OC(C)(C)O[C@H]32)cc1. The number of hydrogen-bond acceptors (Lipinski definition) is 7. The lowest BCUT2D eigenvalue weighted by Gasteiger charge is -2.45. The molecule has 1 N–H and O–H groups in total. The quantitative estimate of drug-likeness (QED) is 0.383. The first kappa shape index (κ1) is 27.8. The number of ether oxygens (including phenoxy) is 6. The molecule has 1 aliphatic carbocycles. The van der Waals surface area contributed by atoms with Crippen molar-refractivity contribution in [2.45, 2.75) is 82.5 Å². The third-order valence-corrected chi connectivity index (χ3v) is 7.33. The van der Waals surface area contributed by atoms with Crippen molar-refractivity contribution in [3.63, 3.8) is 0 Å². The highest BCUT2D eigenvalue weighted by Crippen LogP contribution is 2.42. The van der Waals surface area contributed by atoms with Gasteiger partial charge >= 0.3 is 0 Å². The summed E-state index contributed by atoms with van der Waals surface area (Å²) >= 11 is 0. The average Bonchev–Trinajstić information content (AvgIpc) is 3.28. The summed E-state index contributed by atoms with van der Waals surface area (Å²) < 4.78 is 37.4. The van der Waals surface area contributed by atoms with Gasteiger partial charge in [-0.05, 0) is 49.6 Å². The molecule has 39 heavy (non-hydrogen) atoms. The Balaban J connectivity index is 1.41. The number of aliphatic hydroxyl groups is 1. The standard InChI is InChI=1S/C32H38O7/c1-21(24-13-9-6-10-14-24)37-28-26(33)27(35-20-23-15-17-25(34-4)18-16-23)30-31(39-32(2,3)38-30)29(28)36-19-22-11-7-5-8-12-22/h5-18,21,26-31,33H,19-20H2,1-4H3/t21-,26+,27+,28-,29+,30+,31-/m1/s1. The lowest BCUT2D eigenvalue weighted by molar-refractivity contribution is -0.245. The summed E-state index contributed by atoms with van der Waals surface area (Å²) in [5.41, 5.74) is 2.98. The normalized spacial score (nSPS) is 28.5. The first-order valence-corrected chi connectivity index (χ1v) is 13.5. The smallest absolute Gasteiger partial charge is 0.164 e. The Hall–Kier alpha value is -2.78. The molecule has 3 aromatic carbocycles. The van der Waals surface area contributed by atoms with E-state index in [1.54, 1.807) is 7.11 Å². The van der Waals surface area contributed by atoms with E-state index in [2.05, 4.69) is 0 Å². The van der Waals surface area contributed by atoms with Gasteiger partial charge in [-0.2, -0.15) is 0 Å². The fourth-order valence-corrected chi connectivity index (χ4v) is 5.35. The zero-order valence-corrected chi connectivity index (χ0v) is 22.9. The molecule has 1 saturated heterocycles. The van der Waals surface area contributed by atoms with Crippen LogP contribution in [0.4, 0.5) is 0 Å². The van der Waals surface area contributed by atoms with Crippen LogP contribution in [0.5, 0.6) is 5.75 Å². The van der Waals surface area contributed by atoms with Crippen LogP contribution in [0.1, 0.15) is 43.6 Å². The van der Waals surface area contributed by atoms with Crippen LogP contribution in [0.2, 0.25) is 0 Å². The van der Waals surface area contributed by atoms with E-state index in [0.29, 0.717) is 6.61 Å². The Kier molecular flexibility index (Phi) is 8.67. The summed E-state index contributed by atoms with van der Waals surface area (Å²) in [4.78, 5) is 0. The molecule has 0 spiro atoms. The number of benzene rings is 3. The Morgan fingerprint density at radius 2 is 1.28 bits per heavy atom.